The van der Waals surface area contributed by atoms with Gasteiger partial charge in [0, 0.05) is 37.7 Å². The van der Waals surface area contributed by atoms with Crippen molar-refractivity contribution in [2.24, 2.45) is 11.7 Å². The fraction of sp³-hybridized carbons (Fsp3) is 1.00. The van der Waals surface area contributed by atoms with Gasteiger partial charge in [0.25, 0.3) is 0 Å². The fourth-order valence-electron chi connectivity index (χ4n) is 3.12. The molecule has 100 valence electrons. The Morgan fingerprint density at radius 3 is 2.65 bits per heavy atom. The van der Waals surface area contributed by atoms with E-state index in [2.05, 4.69) is 4.90 Å². The van der Waals surface area contributed by atoms with Gasteiger partial charge in [0.2, 0.25) is 0 Å². The zero-order valence-electron chi connectivity index (χ0n) is 10.7. The third kappa shape index (κ3) is 3.65. The minimum atomic E-state index is 0.249. The third-order valence-corrected chi connectivity index (χ3v) is 4.23. The van der Waals surface area contributed by atoms with Gasteiger partial charge in [-0.2, -0.15) is 0 Å². The van der Waals surface area contributed by atoms with Crippen LogP contribution in [0.5, 0.6) is 0 Å². The number of aliphatic hydroxyl groups is 1. The van der Waals surface area contributed by atoms with Crippen molar-refractivity contribution in [3.05, 3.63) is 0 Å². The molecular formula is C13H26N2O2. The molecule has 2 rings (SSSR count). The standard InChI is InChI=1S/C13H26N2O2/c14-13-5-8-17-10-11(13)9-15(6-7-16)12-3-1-2-4-12/h11-13,16H,1-10,14H2. The first-order chi connectivity index (χ1) is 8.31. The van der Waals surface area contributed by atoms with E-state index in [1.54, 1.807) is 0 Å². The Morgan fingerprint density at radius 1 is 1.24 bits per heavy atom. The normalized spacial score (nSPS) is 31.2. The molecule has 1 saturated carbocycles. The smallest absolute Gasteiger partial charge is 0.0558 e. The largest absolute Gasteiger partial charge is 0.395 e. The highest BCUT2D eigenvalue weighted by Gasteiger charge is 2.28. The molecule has 1 saturated heterocycles. The molecular weight excluding hydrogens is 216 g/mol. The fourth-order valence-corrected chi connectivity index (χ4v) is 3.12. The summed E-state index contributed by atoms with van der Waals surface area (Å²) in [4.78, 5) is 2.44. The monoisotopic (exact) mass is 242 g/mol. The lowest BCUT2D eigenvalue weighted by Gasteiger charge is -2.36. The Labute approximate surface area is 104 Å². The van der Waals surface area contributed by atoms with Gasteiger partial charge in [-0.1, -0.05) is 12.8 Å². The molecule has 0 aromatic heterocycles. The molecule has 2 unspecified atom stereocenters. The number of aliphatic hydroxyl groups excluding tert-OH is 1. The van der Waals surface area contributed by atoms with Crippen LogP contribution in [0.2, 0.25) is 0 Å². The second kappa shape index (κ2) is 6.69. The third-order valence-electron chi connectivity index (χ3n) is 4.23. The molecule has 1 heterocycles. The molecule has 17 heavy (non-hydrogen) atoms. The van der Waals surface area contributed by atoms with E-state index in [0.717, 1.165) is 32.7 Å². The van der Waals surface area contributed by atoms with Crippen molar-refractivity contribution in [3.8, 4) is 0 Å². The summed E-state index contributed by atoms with van der Waals surface area (Å²) in [6.07, 6.45) is 6.20. The molecule has 3 N–H and O–H groups in total. The first-order valence-electron chi connectivity index (χ1n) is 6.99. The van der Waals surface area contributed by atoms with Gasteiger partial charge in [-0.3, -0.25) is 4.90 Å². The van der Waals surface area contributed by atoms with Crippen molar-refractivity contribution >= 4 is 0 Å². The number of ether oxygens (including phenoxy) is 1. The first kappa shape index (κ1) is 13.3. The maximum Gasteiger partial charge on any atom is 0.0558 e. The maximum absolute atomic E-state index is 9.19. The van der Waals surface area contributed by atoms with Crippen molar-refractivity contribution in [1.82, 2.24) is 4.90 Å². The van der Waals surface area contributed by atoms with E-state index in [1.165, 1.54) is 25.7 Å². The highest BCUT2D eigenvalue weighted by atomic mass is 16.5. The number of hydrogen-bond donors (Lipinski definition) is 2. The van der Waals surface area contributed by atoms with Crippen LogP contribution in [0.15, 0.2) is 0 Å². The van der Waals surface area contributed by atoms with Crippen molar-refractivity contribution in [1.29, 1.82) is 0 Å². The quantitative estimate of drug-likeness (QED) is 0.741. The molecule has 2 atom stereocenters. The number of rotatable bonds is 5. The lowest BCUT2D eigenvalue weighted by Crippen LogP contribution is -2.48. The van der Waals surface area contributed by atoms with E-state index in [4.69, 9.17) is 10.5 Å². The van der Waals surface area contributed by atoms with Gasteiger partial charge in [-0.05, 0) is 19.3 Å². The molecule has 0 spiro atoms. The van der Waals surface area contributed by atoms with Crippen LogP contribution in [0, 0.1) is 5.92 Å². The Morgan fingerprint density at radius 2 is 2.00 bits per heavy atom. The van der Waals surface area contributed by atoms with Gasteiger partial charge in [-0.25, -0.2) is 0 Å². The zero-order valence-corrected chi connectivity index (χ0v) is 10.7. The minimum Gasteiger partial charge on any atom is -0.395 e. The van der Waals surface area contributed by atoms with Gasteiger partial charge in [0.1, 0.15) is 0 Å². The molecule has 0 bridgehead atoms. The summed E-state index contributed by atoms with van der Waals surface area (Å²) >= 11 is 0. The molecule has 4 nitrogen and oxygen atoms in total. The van der Waals surface area contributed by atoms with Crippen LogP contribution in [0.25, 0.3) is 0 Å². The van der Waals surface area contributed by atoms with E-state index in [-0.39, 0.29) is 12.6 Å². The lowest BCUT2D eigenvalue weighted by atomic mass is 9.95. The molecule has 2 aliphatic rings. The van der Waals surface area contributed by atoms with Gasteiger partial charge < -0.3 is 15.6 Å². The summed E-state index contributed by atoms with van der Waals surface area (Å²) in [5.41, 5.74) is 6.15. The second-order valence-corrected chi connectivity index (χ2v) is 5.44. The predicted molar refractivity (Wildman–Crippen MR) is 67.8 cm³/mol. The summed E-state index contributed by atoms with van der Waals surface area (Å²) in [6.45, 7) is 3.62. The summed E-state index contributed by atoms with van der Waals surface area (Å²) in [7, 11) is 0. The Bertz CT molecular complexity index is 219. The zero-order chi connectivity index (χ0) is 12.1. The molecule has 0 radical (unpaired) electrons. The van der Waals surface area contributed by atoms with Crippen molar-refractivity contribution in [3.63, 3.8) is 0 Å². The number of nitrogens with zero attached hydrogens (tertiary/aromatic N) is 1. The lowest BCUT2D eigenvalue weighted by molar-refractivity contribution is 0.0161. The maximum atomic E-state index is 9.19. The summed E-state index contributed by atoms with van der Waals surface area (Å²) in [5, 5.41) is 9.19. The van der Waals surface area contributed by atoms with Crippen molar-refractivity contribution in [2.75, 3.05) is 32.9 Å². The number of hydrogen-bond acceptors (Lipinski definition) is 4. The number of nitrogens with two attached hydrogens (primary N) is 1. The van der Waals surface area contributed by atoms with E-state index in [9.17, 15) is 5.11 Å². The van der Waals surface area contributed by atoms with E-state index >= 15 is 0 Å². The molecule has 1 aliphatic carbocycles. The summed E-state index contributed by atoms with van der Waals surface area (Å²) in [6, 6.07) is 0.933. The highest BCUT2D eigenvalue weighted by Crippen LogP contribution is 2.25. The van der Waals surface area contributed by atoms with Crippen molar-refractivity contribution in [2.45, 2.75) is 44.2 Å². The second-order valence-electron chi connectivity index (χ2n) is 5.44. The van der Waals surface area contributed by atoms with E-state index in [1.807, 2.05) is 0 Å². The van der Waals surface area contributed by atoms with E-state index in [0.29, 0.717) is 12.0 Å². The minimum absolute atomic E-state index is 0.249. The molecule has 0 aromatic rings. The van der Waals surface area contributed by atoms with Crippen LogP contribution in [0.1, 0.15) is 32.1 Å². The van der Waals surface area contributed by atoms with Gasteiger partial charge >= 0.3 is 0 Å². The molecule has 4 heteroatoms. The van der Waals surface area contributed by atoms with Gasteiger partial charge in [0.15, 0.2) is 0 Å². The molecule has 2 fully saturated rings. The molecule has 1 aliphatic heterocycles. The Hall–Kier alpha value is -0.160. The first-order valence-corrected chi connectivity index (χ1v) is 6.99. The van der Waals surface area contributed by atoms with Crippen LogP contribution >= 0.6 is 0 Å². The molecule has 0 aromatic carbocycles. The van der Waals surface area contributed by atoms with Crippen LogP contribution in [0.3, 0.4) is 0 Å². The summed E-state index contributed by atoms with van der Waals surface area (Å²) < 4.78 is 5.53. The van der Waals surface area contributed by atoms with Crippen LogP contribution in [0.4, 0.5) is 0 Å². The average molecular weight is 242 g/mol. The van der Waals surface area contributed by atoms with E-state index < -0.39 is 0 Å². The topological polar surface area (TPSA) is 58.7 Å². The van der Waals surface area contributed by atoms with Crippen LogP contribution in [-0.4, -0.2) is 55.0 Å². The SMILES string of the molecule is NC1CCOCC1CN(CCO)C1CCCC1. The van der Waals surface area contributed by atoms with Gasteiger partial charge in [0.05, 0.1) is 13.2 Å². The van der Waals surface area contributed by atoms with Crippen LogP contribution < -0.4 is 5.73 Å². The summed E-state index contributed by atoms with van der Waals surface area (Å²) in [5.74, 6) is 0.441. The Balaban J connectivity index is 1.86. The average Bonchev–Trinajstić information content (AvgIpc) is 2.85. The molecule has 0 amide bonds. The predicted octanol–water partition coefficient (Wildman–Crippen LogP) is 0.587. The highest BCUT2D eigenvalue weighted by molar-refractivity contribution is 4.84. The van der Waals surface area contributed by atoms with Crippen molar-refractivity contribution < 1.29 is 9.84 Å². The Kier molecular flexibility index (Phi) is 5.22. The van der Waals surface area contributed by atoms with Crippen LogP contribution in [-0.2, 0) is 4.74 Å². The van der Waals surface area contributed by atoms with Gasteiger partial charge in [-0.15, -0.1) is 0 Å².